The number of aryl methyl sites for hydroxylation is 1. The number of hydrogen-bond acceptors (Lipinski definition) is 5. The van der Waals surface area contributed by atoms with Crippen LogP contribution in [0.5, 0.6) is 0 Å². The van der Waals surface area contributed by atoms with Gasteiger partial charge in [-0.1, -0.05) is 48.0 Å². The summed E-state index contributed by atoms with van der Waals surface area (Å²) < 4.78 is 0. The summed E-state index contributed by atoms with van der Waals surface area (Å²) >= 11 is 0. The highest BCUT2D eigenvalue weighted by Crippen LogP contribution is 2.25. The predicted molar refractivity (Wildman–Crippen MR) is 117 cm³/mol. The zero-order valence-electron chi connectivity index (χ0n) is 16.8. The van der Waals surface area contributed by atoms with Crippen LogP contribution < -0.4 is 10.6 Å². The van der Waals surface area contributed by atoms with Gasteiger partial charge in [-0.3, -0.25) is 9.59 Å². The Morgan fingerprint density at radius 1 is 0.871 bits per heavy atom. The van der Waals surface area contributed by atoms with E-state index in [0.717, 1.165) is 5.56 Å². The lowest BCUT2D eigenvalue weighted by Crippen LogP contribution is -2.20. The minimum atomic E-state index is -0.267. The fourth-order valence-corrected chi connectivity index (χ4v) is 2.96. The summed E-state index contributed by atoms with van der Waals surface area (Å²) in [6.45, 7) is 1.88. The molecule has 0 bridgehead atoms. The molecule has 8 heteroatoms. The summed E-state index contributed by atoms with van der Waals surface area (Å²) in [6.07, 6.45) is 0. The maximum Gasteiger partial charge on any atom is 0.255 e. The van der Waals surface area contributed by atoms with Crippen LogP contribution in [0.15, 0.2) is 78.9 Å². The zero-order valence-corrected chi connectivity index (χ0v) is 16.8. The van der Waals surface area contributed by atoms with Gasteiger partial charge in [-0.15, -0.1) is 10.2 Å². The lowest BCUT2D eigenvalue weighted by atomic mass is 10.1. The van der Waals surface area contributed by atoms with Gasteiger partial charge < -0.3 is 10.6 Å². The van der Waals surface area contributed by atoms with Crippen molar-refractivity contribution in [2.45, 2.75) is 13.5 Å². The molecule has 0 aliphatic carbocycles. The van der Waals surface area contributed by atoms with Crippen molar-refractivity contribution >= 4 is 23.2 Å². The summed E-state index contributed by atoms with van der Waals surface area (Å²) in [4.78, 5) is 26.0. The first kappa shape index (κ1) is 20.0. The molecule has 0 atom stereocenters. The van der Waals surface area contributed by atoms with E-state index >= 15 is 0 Å². The standard InChI is InChI=1S/C23H20N6O2/c1-16-11-13-17(14-12-16)23(31)25-20-10-6-5-9-19(20)22-26-28-29(27-22)15-21(30)24-18-7-3-2-4-8-18/h2-14H,15H2,1H3,(H,24,30)(H,25,31). The second-order valence-electron chi connectivity index (χ2n) is 6.92. The molecule has 0 unspecified atom stereocenters. The molecule has 3 aromatic carbocycles. The van der Waals surface area contributed by atoms with Gasteiger partial charge in [0.05, 0.1) is 5.69 Å². The monoisotopic (exact) mass is 412 g/mol. The van der Waals surface area contributed by atoms with E-state index in [1.54, 1.807) is 36.4 Å². The molecular weight excluding hydrogens is 392 g/mol. The third kappa shape index (κ3) is 4.99. The van der Waals surface area contributed by atoms with E-state index in [2.05, 4.69) is 26.0 Å². The normalized spacial score (nSPS) is 10.5. The Morgan fingerprint density at radius 2 is 1.58 bits per heavy atom. The van der Waals surface area contributed by atoms with Crippen molar-refractivity contribution in [1.82, 2.24) is 20.2 Å². The molecule has 0 saturated carbocycles. The van der Waals surface area contributed by atoms with Gasteiger partial charge in [0.25, 0.3) is 5.91 Å². The Kier molecular flexibility index (Phi) is 5.79. The Hall–Kier alpha value is -4.33. The van der Waals surface area contributed by atoms with E-state index < -0.39 is 0 Å². The Bertz CT molecular complexity index is 1200. The van der Waals surface area contributed by atoms with Crippen molar-refractivity contribution in [3.63, 3.8) is 0 Å². The average molecular weight is 412 g/mol. The quantitative estimate of drug-likeness (QED) is 0.504. The van der Waals surface area contributed by atoms with Crippen LogP contribution in [0.1, 0.15) is 15.9 Å². The third-order valence-corrected chi connectivity index (χ3v) is 4.53. The molecule has 8 nitrogen and oxygen atoms in total. The number of benzene rings is 3. The van der Waals surface area contributed by atoms with Crippen molar-refractivity contribution < 1.29 is 9.59 Å². The Labute approximate surface area is 178 Å². The van der Waals surface area contributed by atoms with Crippen LogP contribution in [0.2, 0.25) is 0 Å². The molecule has 0 fully saturated rings. The number of rotatable bonds is 6. The Balaban J connectivity index is 1.48. The predicted octanol–water partition coefficient (Wildman–Crippen LogP) is 3.54. The van der Waals surface area contributed by atoms with Gasteiger partial charge in [0.2, 0.25) is 11.7 Å². The fraction of sp³-hybridized carbons (Fsp3) is 0.0870. The second-order valence-corrected chi connectivity index (χ2v) is 6.92. The SMILES string of the molecule is Cc1ccc(C(=O)Nc2ccccc2-c2nnn(CC(=O)Nc3ccccc3)n2)cc1. The summed E-state index contributed by atoms with van der Waals surface area (Å²) in [5.74, 6) is -0.189. The van der Waals surface area contributed by atoms with Gasteiger partial charge in [-0.25, -0.2) is 0 Å². The van der Waals surface area contributed by atoms with Crippen molar-refractivity contribution in [1.29, 1.82) is 0 Å². The van der Waals surface area contributed by atoms with E-state index in [1.165, 1.54) is 4.80 Å². The average Bonchev–Trinajstić information content (AvgIpc) is 3.23. The molecule has 0 saturated heterocycles. The number of aromatic nitrogens is 4. The van der Waals surface area contributed by atoms with Gasteiger partial charge in [-0.2, -0.15) is 4.80 Å². The minimum absolute atomic E-state index is 0.0835. The van der Waals surface area contributed by atoms with Gasteiger partial charge in [-0.05, 0) is 48.5 Å². The second kappa shape index (κ2) is 9.00. The van der Waals surface area contributed by atoms with E-state index in [4.69, 9.17) is 0 Å². The molecule has 1 aromatic heterocycles. The smallest absolute Gasteiger partial charge is 0.255 e. The highest BCUT2D eigenvalue weighted by Gasteiger charge is 2.15. The van der Waals surface area contributed by atoms with Gasteiger partial charge in [0.1, 0.15) is 6.54 Å². The number of carbonyl (C=O) groups excluding carboxylic acids is 2. The van der Waals surface area contributed by atoms with Crippen molar-refractivity contribution in [3.05, 3.63) is 90.0 Å². The van der Waals surface area contributed by atoms with Crippen LogP contribution >= 0.6 is 0 Å². The van der Waals surface area contributed by atoms with Crippen molar-refractivity contribution in [2.75, 3.05) is 10.6 Å². The molecule has 0 radical (unpaired) electrons. The van der Waals surface area contributed by atoms with E-state index in [9.17, 15) is 9.59 Å². The number of anilines is 2. The molecule has 2 amide bonds. The van der Waals surface area contributed by atoms with Gasteiger partial charge in [0.15, 0.2) is 0 Å². The first-order valence-electron chi connectivity index (χ1n) is 9.68. The topological polar surface area (TPSA) is 102 Å². The summed E-state index contributed by atoms with van der Waals surface area (Å²) in [6, 6.07) is 23.6. The molecule has 1 heterocycles. The molecule has 4 aromatic rings. The maximum atomic E-state index is 12.6. The fourth-order valence-electron chi connectivity index (χ4n) is 2.96. The number of para-hydroxylation sites is 2. The van der Waals surface area contributed by atoms with Crippen molar-refractivity contribution in [3.8, 4) is 11.4 Å². The number of nitrogens with zero attached hydrogens (tertiary/aromatic N) is 4. The summed E-state index contributed by atoms with van der Waals surface area (Å²) in [5, 5.41) is 18.0. The van der Waals surface area contributed by atoms with Crippen LogP contribution in [0.25, 0.3) is 11.4 Å². The number of hydrogen-bond donors (Lipinski definition) is 2. The third-order valence-electron chi connectivity index (χ3n) is 4.53. The molecule has 2 N–H and O–H groups in total. The number of nitrogens with one attached hydrogen (secondary N) is 2. The van der Waals surface area contributed by atoms with Crippen molar-refractivity contribution in [2.24, 2.45) is 0 Å². The number of tetrazole rings is 1. The van der Waals surface area contributed by atoms with Crippen LogP contribution in [-0.4, -0.2) is 32.0 Å². The van der Waals surface area contributed by atoms with Crippen LogP contribution in [0.4, 0.5) is 11.4 Å². The summed E-state index contributed by atoms with van der Waals surface area (Å²) in [7, 11) is 0. The minimum Gasteiger partial charge on any atom is -0.324 e. The molecule has 0 aliphatic heterocycles. The zero-order chi connectivity index (χ0) is 21.6. The molecule has 0 spiro atoms. The van der Waals surface area contributed by atoms with Gasteiger partial charge in [0, 0.05) is 16.8 Å². The lowest BCUT2D eigenvalue weighted by Gasteiger charge is -2.09. The van der Waals surface area contributed by atoms with Gasteiger partial charge >= 0.3 is 0 Å². The Morgan fingerprint density at radius 3 is 2.35 bits per heavy atom. The highest BCUT2D eigenvalue weighted by molar-refractivity contribution is 6.06. The molecular formula is C23H20N6O2. The highest BCUT2D eigenvalue weighted by atomic mass is 16.2. The molecule has 31 heavy (non-hydrogen) atoms. The maximum absolute atomic E-state index is 12.6. The first-order chi connectivity index (χ1) is 15.1. The largest absolute Gasteiger partial charge is 0.324 e. The van der Waals surface area contributed by atoms with E-state index in [0.29, 0.717) is 28.3 Å². The number of amides is 2. The molecule has 154 valence electrons. The summed E-state index contributed by atoms with van der Waals surface area (Å²) in [5.41, 5.74) is 3.49. The van der Waals surface area contributed by atoms with Crippen LogP contribution in [-0.2, 0) is 11.3 Å². The van der Waals surface area contributed by atoms with E-state index in [1.807, 2.05) is 49.4 Å². The van der Waals surface area contributed by atoms with Crippen LogP contribution in [0.3, 0.4) is 0 Å². The first-order valence-corrected chi connectivity index (χ1v) is 9.68. The van der Waals surface area contributed by atoms with E-state index in [-0.39, 0.29) is 18.4 Å². The molecule has 4 rings (SSSR count). The molecule has 0 aliphatic rings. The lowest BCUT2D eigenvalue weighted by molar-refractivity contribution is -0.117. The van der Waals surface area contributed by atoms with Crippen LogP contribution in [0, 0.1) is 6.92 Å². The number of carbonyl (C=O) groups is 2.